The molecular weight excluding hydrogens is 281 g/mol. The predicted molar refractivity (Wildman–Crippen MR) is 74.9 cm³/mol. The second-order valence-corrected chi connectivity index (χ2v) is 5.90. The van der Waals surface area contributed by atoms with Crippen molar-refractivity contribution in [2.75, 3.05) is 11.8 Å². The molecule has 0 fully saturated rings. The smallest absolute Gasteiger partial charge is 0.262 e. The average Bonchev–Trinajstić information content (AvgIpc) is 2.41. The van der Waals surface area contributed by atoms with Crippen molar-refractivity contribution in [1.29, 1.82) is 0 Å². The van der Waals surface area contributed by atoms with Crippen molar-refractivity contribution in [3.05, 3.63) is 53.8 Å². The first-order chi connectivity index (χ1) is 9.44. The molecule has 0 spiro atoms. The summed E-state index contributed by atoms with van der Waals surface area (Å²) in [6.07, 6.45) is 0. The topological polar surface area (TPSA) is 55.4 Å². The molecule has 0 atom stereocenters. The number of methoxy groups -OCH3 is 1. The van der Waals surface area contributed by atoms with Gasteiger partial charge in [-0.2, -0.15) is 0 Å². The van der Waals surface area contributed by atoms with Crippen molar-refractivity contribution < 1.29 is 17.5 Å². The molecule has 2 aromatic carbocycles. The van der Waals surface area contributed by atoms with Crippen LogP contribution in [0.2, 0.25) is 0 Å². The summed E-state index contributed by atoms with van der Waals surface area (Å²) >= 11 is 0. The number of aryl methyl sites for hydroxylation is 1. The van der Waals surface area contributed by atoms with Gasteiger partial charge in [-0.25, -0.2) is 12.8 Å². The number of benzene rings is 2. The first-order valence-electron chi connectivity index (χ1n) is 5.86. The first kappa shape index (κ1) is 14.3. The Balaban J connectivity index is 2.36. The van der Waals surface area contributed by atoms with Gasteiger partial charge >= 0.3 is 0 Å². The van der Waals surface area contributed by atoms with E-state index in [4.69, 9.17) is 4.74 Å². The van der Waals surface area contributed by atoms with Gasteiger partial charge in [-0.05, 0) is 42.8 Å². The number of para-hydroxylation sites is 1. The van der Waals surface area contributed by atoms with E-state index in [1.54, 1.807) is 19.1 Å². The van der Waals surface area contributed by atoms with E-state index in [1.165, 1.54) is 37.4 Å². The number of sulfonamides is 1. The Hall–Kier alpha value is -2.08. The lowest BCUT2D eigenvalue weighted by molar-refractivity contribution is 0.411. The number of rotatable bonds is 4. The minimum atomic E-state index is -3.83. The largest absolute Gasteiger partial charge is 0.496 e. The third kappa shape index (κ3) is 2.91. The van der Waals surface area contributed by atoms with Crippen molar-refractivity contribution in [3.63, 3.8) is 0 Å². The molecule has 6 heteroatoms. The second-order valence-electron chi connectivity index (χ2n) is 4.22. The molecule has 106 valence electrons. The highest BCUT2D eigenvalue weighted by molar-refractivity contribution is 7.92. The monoisotopic (exact) mass is 295 g/mol. The summed E-state index contributed by atoms with van der Waals surface area (Å²) < 4.78 is 45.2. The standard InChI is InChI=1S/C14H14FNO3S/c1-10-9-11(7-8-14(10)19-2)20(17,18)16-13-6-4-3-5-12(13)15/h3-9,16H,1-2H3. The molecule has 0 aliphatic rings. The summed E-state index contributed by atoms with van der Waals surface area (Å²) in [6.45, 7) is 1.74. The molecule has 20 heavy (non-hydrogen) atoms. The number of hydrogen-bond acceptors (Lipinski definition) is 3. The average molecular weight is 295 g/mol. The number of hydrogen-bond donors (Lipinski definition) is 1. The third-order valence-corrected chi connectivity index (χ3v) is 4.16. The third-order valence-electron chi connectivity index (χ3n) is 2.79. The van der Waals surface area contributed by atoms with Gasteiger partial charge < -0.3 is 4.74 Å². The summed E-state index contributed by atoms with van der Waals surface area (Å²) in [5, 5.41) is 0. The fourth-order valence-corrected chi connectivity index (χ4v) is 2.92. The maximum atomic E-state index is 13.5. The zero-order valence-electron chi connectivity index (χ0n) is 11.1. The molecule has 0 aliphatic carbocycles. The Morgan fingerprint density at radius 1 is 1.15 bits per heavy atom. The van der Waals surface area contributed by atoms with Crippen molar-refractivity contribution in [2.45, 2.75) is 11.8 Å². The van der Waals surface area contributed by atoms with E-state index in [1.807, 2.05) is 0 Å². The van der Waals surface area contributed by atoms with Crippen molar-refractivity contribution in [3.8, 4) is 5.75 Å². The summed E-state index contributed by atoms with van der Waals surface area (Å²) in [4.78, 5) is 0.0547. The molecule has 0 unspecified atom stereocenters. The van der Waals surface area contributed by atoms with Gasteiger partial charge in [0.1, 0.15) is 11.6 Å². The summed E-state index contributed by atoms with van der Waals surface area (Å²) in [6, 6.07) is 10.0. The van der Waals surface area contributed by atoms with Crippen LogP contribution in [0.1, 0.15) is 5.56 Å². The zero-order valence-corrected chi connectivity index (χ0v) is 11.9. The van der Waals surface area contributed by atoms with E-state index in [0.29, 0.717) is 11.3 Å². The Morgan fingerprint density at radius 2 is 1.85 bits per heavy atom. The molecule has 0 heterocycles. The van der Waals surface area contributed by atoms with E-state index in [2.05, 4.69) is 4.72 Å². The fourth-order valence-electron chi connectivity index (χ4n) is 1.77. The highest BCUT2D eigenvalue weighted by atomic mass is 32.2. The maximum Gasteiger partial charge on any atom is 0.262 e. The Labute approximate surface area is 117 Å². The Morgan fingerprint density at radius 3 is 2.45 bits per heavy atom. The molecule has 0 aromatic heterocycles. The maximum absolute atomic E-state index is 13.5. The minimum Gasteiger partial charge on any atom is -0.496 e. The molecule has 1 N–H and O–H groups in total. The second kappa shape index (κ2) is 5.50. The van der Waals surface area contributed by atoms with Crippen molar-refractivity contribution >= 4 is 15.7 Å². The Bertz CT molecular complexity index is 729. The van der Waals surface area contributed by atoms with Crippen LogP contribution in [0.4, 0.5) is 10.1 Å². The van der Waals surface area contributed by atoms with Crippen molar-refractivity contribution in [1.82, 2.24) is 0 Å². The summed E-state index contributed by atoms with van der Waals surface area (Å²) in [5.41, 5.74) is 0.602. The Kier molecular flexibility index (Phi) is 3.94. The van der Waals surface area contributed by atoms with Gasteiger partial charge in [-0.3, -0.25) is 4.72 Å². The van der Waals surface area contributed by atoms with Crippen LogP contribution < -0.4 is 9.46 Å². The predicted octanol–water partition coefficient (Wildman–Crippen LogP) is 2.94. The molecule has 0 saturated carbocycles. The van der Waals surface area contributed by atoms with Crippen LogP contribution in [-0.4, -0.2) is 15.5 Å². The molecule has 0 bridgehead atoms. The van der Waals surface area contributed by atoms with Crippen molar-refractivity contribution in [2.24, 2.45) is 0 Å². The van der Waals surface area contributed by atoms with Gasteiger partial charge in [-0.1, -0.05) is 12.1 Å². The van der Waals surface area contributed by atoms with Crippen LogP contribution in [0, 0.1) is 12.7 Å². The summed E-state index contributed by atoms with van der Waals surface area (Å²) in [5.74, 6) is -0.0313. The number of nitrogens with one attached hydrogen (secondary N) is 1. The van der Waals surface area contributed by atoms with E-state index in [-0.39, 0.29) is 10.6 Å². The van der Waals surface area contributed by atoms with Crippen LogP contribution in [0.3, 0.4) is 0 Å². The number of ether oxygens (including phenoxy) is 1. The van der Waals surface area contributed by atoms with Gasteiger partial charge in [0, 0.05) is 0 Å². The van der Waals surface area contributed by atoms with Gasteiger partial charge in [-0.15, -0.1) is 0 Å². The lowest BCUT2D eigenvalue weighted by atomic mass is 10.2. The molecule has 0 radical (unpaired) electrons. The van der Waals surface area contributed by atoms with E-state index in [0.717, 1.165) is 0 Å². The minimum absolute atomic E-state index is 0.0547. The lowest BCUT2D eigenvalue weighted by Crippen LogP contribution is -2.14. The van der Waals surface area contributed by atoms with Crippen LogP contribution in [0.25, 0.3) is 0 Å². The van der Waals surface area contributed by atoms with Gasteiger partial charge in [0.05, 0.1) is 17.7 Å². The van der Waals surface area contributed by atoms with E-state index < -0.39 is 15.8 Å². The number of anilines is 1. The highest BCUT2D eigenvalue weighted by Gasteiger charge is 2.17. The zero-order chi connectivity index (χ0) is 14.8. The molecule has 2 aromatic rings. The fraction of sp³-hybridized carbons (Fsp3) is 0.143. The molecule has 0 aliphatic heterocycles. The van der Waals surface area contributed by atoms with Crippen LogP contribution in [0.15, 0.2) is 47.4 Å². The lowest BCUT2D eigenvalue weighted by Gasteiger charge is -2.11. The van der Waals surface area contributed by atoms with Gasteiger partial charge in [0.25, 0.3) is 10.0 Å². The molecule has 0 saturated heterocycles. The molecular formula is C14H14FNO3S. The normalized spacial score (nSPS) is 11.2. The van der Waals surface area contributed by atoms with Crippen LogP contribution in [-0.2, 0) is 10.0 Å². The number of halogens is 1. The van der Waals surface area contributed by atoms with E-state index in [9.17, 15) is 12.8 Å². The van der Waals surface area contributed by atoms with E-state index >= 15 is 0 Å². The molecule has 2 rings (SSSR count). The molecule has 4 nitrogen and oxygen atoms in total. The summed E-state index contributed by atoms with van der Waals surface area (Å²) in [7, 11) is -2.32. The van der Waals surface area contributed by atoms with Gasteiger partial charge in [0.2, 0.25) is 0 Å². The molecule has 0 amide bonds. The highest BCUT2D eigenvalue weighted by Crippen LogP contribution is 2.23. The van der Waals surface area contributed by atoms with Crippen LogP contribution >= 0.6 is 0 Å². The van der Waals surface area contributed by atoms with Gasteiger partial charge in [0.15, 0.2) is 0 Å². The SMILES string of the molecule is COc1ccc(S(=O)(=O)Nc2ccccc2F)cc1C. The van der Waals surface area contributed by atoms with Crippen LogP contribution in [0.5, 0.6) is 5.75 Å². The quantitative estimate of drug-likeness (QED) is 0.943. The first-order valence-corrected chi connectivity index (χ1v) is 7.34.